The van der Waals surface area contributed by atoms with E-state index in [2.05, 4.69) is 10.2 Å². The summed E-state index contributed by atoms with van der Waals surface area (Å²) >= 11 is 0. The van der Waals surface area contributed by atoms with Crippen LogP contribution in [0, 0.1) is 6.92 Å². The molecule has 1 heterocycles. The van der Waals surface area contributed by atoms with Gasteiger partial charge in [-0.05, 0) is 48.9 Å². The van der Waals surface area contributed by atoms with Crippen molar-refractivity contribution in [2.75, 3.05) is 50.2 Å². The van der Waals surface area contributed by atoms with Crippen LogP contribution in [0.2, 0.25) is 0 Å². The first-order valence-electron chi connectivity index (χ1n) is 8.66. The summed E-state index contributed by atoms with van der Waals surface area (Å²) in [5, 5.41) is 2.84. The fourth-order valence-electron chi connectivity index (χ4n) is 2.81. The summed E-state index contributed by atoms with van der Waals surface area (Å²) in [6, 6.07) is 13.4. The molecule has 0 unspecified atom stereocenters. The predicted molar refractivity (Wildman–Crippen MR) is 101 cm³/mol. The monoisotopic (exact) mass is 356 g/mol. The number of anilines is 2. The molecule has 0 bridgehead atoms. The number of aryl methyl sites for hydroxylation is 1. The van der Waals surface area contributed by atoms with Gasteiger partial charge in [-0.15, -0.1) is 0 Å². The molecule has 1 amide bonds. The lowest BCUT2D eigenvalue weighted by atomic mass is 10.2. The Morgan fingerprint density at radius 3 is 2.54 bits per heavy atom. The maximum Gasteiger partial charge on any atom is 0.262 e. The Hall–Kier alpha value is -2.73. The molecule has 3 rings (SSSR count). The summed E-state index contributed by atoms with van der Waals surface area (Å²) < 4.78 is 16.2. The zero-order chi connectivity index (χ0) is 18.4. The number of methoxy groups -OCH3 is 1. The van der Waals surface area contributed by atoms with E-state index in [1.54, 1.807) is 13.2 Å². The molecular weight excluding hydrogens is 332 g/mol. The number of benzene rings is 2. The smallest absolute Gasteiger partial charge is 0.262 e. The highest BCUT2D eigenvalue weighted by molar-refractivity contribution is 5.92. The minimum absolute atomic E-state index is 0.0787. The molecule has 0 saturated carbocycles. The average molecular weight is 356 g/mol. The number of rotatable bonds is 6. The van der Waals surface area contributed by atoms with E-state index in [0.29, 0.717) is 11.5 Å². The highest BCUT2D eigenvalue weighted by atomic mass is 16.5. The van der Waals surface area contributed by atoms with Gasteiger partial charge >= 0.3 is 0 Å². The summed E-state index contributed by atoms with van der Waals surface area (Å²) in [5.41, 5.74) is 2.94. The highest BCUT2D eigenvalue weighted by Crippen LogP contribution is 2.27. The summed E-state index contributed by atoms with van der Waals surface area (Å²) in [6.07, 6.45) is 0. The number of ether oxygens (including phenoxy) is 3. The molecule has 6 nitrogen and oxygen atoms in total. The van der Waals surface area contributed by atoms with Crippen molar-refractivity contribution in [1.82, 2.24) is 0 Å². The minimum Gasteiger partial charge on any atom is -0.493 e. The number of carbonyl (C=O) groups excluding carboxylic acids is 1. The molecule has 138 valence electrons. The third-order valence-corrected chi connectivity index (χ3v) is 4.21. The Morgan fingerprint density at radius 1 is 1.12 bits per heavy atom. The topological polar surface area (TPSA) is 60.0 Å². The Morgan fingerprint density at radius 2 is 1.85 bits per heavy atom. The Kier molecular flexibility index (Phi) is 5.96. The van der Waals surface area contributed by atoms with Crippen molar-refractivity contribution in [3.8, 4) is 11.5 Å². The fraction of sp³-hybridized carbons (Fsp3) is 0.350. The molecule has 1 aliphatic heterocycles. The molecule has 1 saturated heterocycles. The number of hydrogen-bond acceptors (Lipinski definition) is 5. The van der Waals surface area contributed by atoms with Crippen molar-refractivity contribution in [3.05, 3.63) is 48.0 Å². The molecular formula is C20H24N2O4. The first-order chi connectivity index (χ1) is 12.7. The van der Waals surface area contributed by atoms with Gasteiger partial charge in [0.25, 0.3) is 5.91 Å². The second-order valence-corrected chi connectivity index (χ2v) is 6.14. The van der Waals surface area contributed by atoms with E-state index < -0.39 is 0 Å². The summed E-state index contributed by atoms with van der Waals surface area (Å²) in [6.45, 7) is 5.16. The van der Waals surface area contributed by atoms with Gasteiger partial charge in [-0.25, -0.2) is 0 Å². The van der Waals surface area contributed by atoms with Crippen LogP contribution in [0.4, 0.5) is 11.4 Å². The van der Waals surface area contributed by atoms with Gasteiger partial charge in [0.05, 0.1) is 20.3 Å². The van der Waals surface area contributed by atoms with Crippen molar-refractivity contribution in [2.45, 2.75) is 6.92 Å². The van der Waals surface area contributed by atoms with E-state index in [-0.39, 0.29) is 12.5 Å². The van der Waals surface area contributed by atoms with Gasteiger partial charge in [0.15, 0.2) is 18.1 Å². The van der Waals surface area contributed by atoms with Gasteiger partial charge in [0, 0.05) is 24.5 Å². The number of morpholine rings is 1. The molecule has 1 fully saturated rings. The lowest BCUT2D eigenvalue weighted by Crippen LogP contribution is -2.36. The van der Waals surface area contributed by atoms with Gasteiger partial charge in [-0.3, -0.25) is 4.79 Å². The average Bonchev–Trinajstić information content (AvgIpc) is 2.68. The van der Waals surface area contributed by atoms with E-state index in [0.717, 1.165) is 43.2 Å². The molecule has 26 heavy (non-hydrogen) atoms. The lowest BCUT2D eigenvalue weighted by Gasteiger charge is -2.28. The summed E-state index contributed by atoms with van der Waals surface area (Å²) in [5.74, 6) is 0.954. The molecule has 2 aromatic carbocycles. The van der Waals surface area contributed by atoms with Crippen molar-refractivity contribution < 1.29 is 19.0 Å². The molecule has 0 radical (unpaired) electrons. The normalized spacial score (nSPS) is 14.0. The molecule has 1 N–H and O–H groups in total. The second kappa shape index (κ2) is 8.58. The highest BCUT2D eigenvalue weighted by Gasteiger charge is 2.12. The Balaban J connectivity index is 1.53. The van der Waals surface area contributed by atoms with Crippen LogP contribution in [0.15, 0.2) is 42.5 Å². The third-order valence-electron chi connectivity index (χ3n) is 4.21. The van der Waals surface area contributed by atoms with E-state index in [1.165, 1.54) is 0 Å². The van der Waals surface area contributed by atoms with Crippen LogP contribution in [-0.4, -0.2) is 45.9 Å². The number of amides is 1. The quantitative estimate of drug-likeness (QED) is 0.862. The van der Waals surface area contributed by atoms with E-state index in [1.807, 2.05) is 43.3 Å². The zero-order valence-electron chi connectivity index (χ0n) is 15.2. The van der Waals surface area contributed by atoms with Gasteiger partial charge in [0.1, 0.15) is 0 Å². The first kappa shape index (κ1) is 18.1. The summed E-state index contributed by atoms with van der Waals surface area (Å²) in [4.78, 5) is 14.4. The van der Waals surface area contributed by atoms with E-state index >= 15 is 0 Å². The Bertz CT molecular complexity index is 740. The van der Waals surface area contributed by atoms with Gasteiger partial charge in [-0.1, -0.05) is 6.07 Å². The minimum atomic E-state index is -0.216. The van der Waals surface area contributed by atoms with Crippen LogP contribution in [-0.2, 0) is 9.53 Å². The molecule has 1 aliphatic rings. The standard InChI is InChI=1S/C20H24N2O4/c1-15-3-8-18(19(13-15)24-2)26-14-20(23)21-16-4-6-17(7-5-16)22-9-11-25-12-10-22/h3-8,13H,9-12,14H2,1-2H3,(H,21,23). The largest absolute Gasteiger partial charge is 0.493 e. The van der Waals surface area contributed by atoms with Crippen LogP contribution in [0.3, 0.4) is 0 Å². The number of carbonyl (C=O) groups is 1. The van der Waals surface area contributed by atoms with Crippen LogP contribution in [0.5, 0.6) is 11.5 Å². The molecule has 6 heteroatoms. The van der Waals surface area contributed by atoms with Crippen LogP contribution >= 0.6 is 0 Å². The molecule has 2 aromatic rings. The number of nitrogens with one attached hydrogen (secondary N) is 1. The third kappa shape index (κ3) is 4.67. The maximum absolute atomic E-state index is 12.1. The molecule has 0 spiro atoms. The maximum atomic E-state index is 12.1. The molecule has 0 atom stereocenters. The lowest BCUT2D eigenvalue weighted by molar-refractivity contribution is -0.118. The number of nitrogens with zero attached hydrogens (tertiary/aromatic N) is 1. The molecule has 0 aliphatic carbocycles. The van der Waals surface area contributed by atoms with Crippen LogP contribution in [0.1, 0.15) is 5.56 Å². The van der Waals surface area contributed by atoms with Gasteiger partial charge in [0.2, 0.25) is 0 Å². The Labute approximate surface area is 153 Å². The van der Waals surface area contributed by atoms with Crippen molar-refractivity contribution in [1.29, 1.82) is 0 Å². The van der Waals surface area contributed by atoms with Gasteiger partial charge < -0.3 is 24.4 Å². The zero-order valence-corrected chi connectivity index (χ0v) is 15.2. The second-order valence-electron chi connectivity index (χ2n) is 6.14. The van der Waals surface area contributed by atoms with Crippen LogP contribution < -0.4 is 19.7 Å². The first-order valence-corrected chi connectivity index (χ1v) is 8.66. The number of hydrogen-bond donors (Lipinski definition) is 1. The summed E-state index contributed by atoms with van der Waals surface area (Å²) in [7, 11) is 1.58. The van der Waals surface area contributed by atoms with Crippen molar-refractivity contribution in [3.63, 3.8) is 0 Å². The van der Waals surface area contributed by atoms with Crippen molar-refractivity contribution >= 4 is 17.3 Å². The fourth-order valence-corrected chi connectivity index (χ4v) is 2.81. The van der Waals surface area contributed by atoms with Gasteiger partial charge in [-0.2, -0.15) is 0 Å². The van der Waals surface area contributed by atoms with Crippen molar-refractivity contribution in [2.24, 2.45) is 0 Å². The van der Waals surface area contributed by atoms with E-state index in [9.17, 15) is 4.79 Å². The SMILES string of the molecule is COc1cc(C)ccc1OCC(=O)Nc1ccc(N2CCOCC2)cc1. The van der Waals surface area contributed by atoms with Crippen LogP contribution in [0.25, 0.3) is 0 Å². The van der Waals surface area contributed by atoms with E-state index in [4.69, 9.17) is 14.2 Å². The predicted octanol–water partition coefficient (Wildman–Crippen LogP) is 2.86. The molecule has 0 aromatic heterocycles.